The highest BCUT2D eigenvalue weighted by molar-refractivity contribution is 5.52. The Kier molecular flexibility index (Phi) is 3.65. The molecule has 1 atom stereocenters. The van der Waals surface area contributed by atoms with Gasteiger partial charge in [-0.15, -0.1) is 0 Å². The zero-order chi connectivity index (χ0) is 16.0. The number of benzene rings is 1. The van der Waals surface area contributed by atoms with E-state index in [4.69, 9.17) is 4.74 Å². The molecule has 0 spiro atoms. The van der Waals surface area contributed by atoms with Crippen LogP contribution in [0.3, 0.4) is 0 Å². The molecule has 0 amide bonds. The van der Waals surface area contributed by atoms with Crippen LogP contribution >= 0.6 is 0 Å². The van der Waals surface area contributed by atoms with Crippen molar-refractivity contribution in [2.75, 3.05) is 5.32 Å². The standard InChI is InChI=1S/C14H18F2N2O3/c1-13(2)7-11(14(3,4)21-13)17-12-9(15)5-8(18(19)20)6-10(12)16/h5-6,11,17H,7H2,1-4H3. The van der Waals surface area contributed by atoms with Crippen molar-refractivity contribution in [3.63, 3.8) is 0 Å². The molecule has 1 aromatic carbocycles. The molecule has 1 N–H and O–H groups in total. The van der Waals surface area contributed by atoms with Gasteiger partial charge in [-0.25, -0.2) is 8.78 Å². The fraction of sp³-hybridized carbons (Fsp3) is 0.571. The number of hydrogen-bond donors (Lipinski definition) is 1. The van der Waals surface area contributed by atoms with E-state index >= 15 is 0 Å². The molecular weight excluding hydrogens is 282 g/mol. The lowest BCUT2D eigenvalue weighted by Crippen LogP contribution is -2.38. The highest BCUT2D eigenvalue weighted by Crippen LogP contribution is 2.39. The van der Waals surface area contributed by atoms with Crippen LogP contribution in [0.2, 0.25) is 0 Å². The molecule has 21 heavy (non-hydrogen) atoms. The number of anilines is 1. The Morgan fingerprint density at radius 2 is 1.81 bits per heavy atom. The minimum atomic E-state index is -0.984. The summed E-state index contributed by atoms with van der Waals surface area (Å²) < 4.78 is 33.7. The monoisotopic (exact) mass is 300 g/mol. The minimum absolute atomic E-state index is 0.307. The van der Waals surface area contributed by atoms with E-state index in [1.165, 1.54) is 0 Å². The van der Waals surface area contributed by atoms with Crippen molar-refractivity contribution in [1.82, 2.24) is 0 Å². The molecule has 5 nitrogen and oxygen atoms in total. The van der Waals surface area contributed by atoms with E-state index in [9.17, 15) is 18.9 Å². The molecule has 1 heterocycles. The summed E-state index contributed by atoms with van der Waals surface area (Å²) >= 11 is 0. The first-order chi connectivity index (χ1) is 9.52. The smallest absolute Gasteiger partial charge is 0.275 e. The van der Waals surface area contributed by atoms with Crippen LogP contribution < -0.4 is 5.32 Å². The van der Waals surface area contributed by atoms with Gasteiger partial charge in [-0.3, -0.25) is 10.1 Å². The van der Waals surface area contributed by atoms with E-state index < -0.39 is 33.4 Å². The lowest BCUT2D eigenvalue weighted by Gasteiger charge is -2.28. The third-order valence-electron chi connectivity index (χ3n) is 3.63. The topological polar surface area (TPSA) is 64.4 Å². The summed E-state index contributed by atoms with van der Waals surface area (Å²) in [6.07, 6.45) is 0.565. The molecule has 0 aromatic heterocycles. The van der Waals surface area contributed by atoms with Crippen LogP contribution in [-0.4, -0.2) is 22.2 Å². The first-order valence-electron chi connectivity index (χ1n) is 6.62. The summed E-state index contributed by atoms with van der Waals surface area (Å²) in [5, 5.41) is 13.4. The van der Waals surface area contributed by atoms with E-state index in [2.05, 4.69) is 5.32 Å². The van der Waals surface area contributed by atoms with Gasteiger partial charge in [0.2, 0.25) is 0 Å². The zero-order valence-electron chi connectivity index (χ0n) is 12.4. The summed E-state index contributed by atoms with van der Waals surface area (Å²) in [4.78, 5) is 9.75. The first-order valence-corrected chi connectivity index (χ1v) is 6.62. The van der Waals surface area contributed by atoms with Crippen molar-refractivity contribution < 1.29 is 18.4 Å². The van der Waals surface area contributed by atoms with Gasteiger partial charge in [-0.05, 0) is 34.1 Å². The van der Waals surface area contributed by atoms with E-state index in [0.717, 1.165) is 0 Å². The summed E-state index contributed by atoms with van der Waals surface area (Å²) in [6, 6.07) is 1.11. The number of non-ortho nitro benzene ring substituents is 1. The molecule has 1 saturated heterocycles. The van der Waals surface area contributed by atoms with E-state index in [1.54, 1.807) is 0 Å². The van der Waals surface area contributed by atoms with Crippen LogP contribution in [0.5, 0.6) is 0 Å². The number of nitro benzene ring substituents is 1. The van der Waals surface area contributed by atoms with E-state index in [-0.39, 0.29) is 11.7 Å². The molecule has 0 aliphatic carbocycles. The van der Waals surface area contributed by atoms with Gasteiger partial charge in [-0.1, -0.05) is 0 Å². The molecule has 1 aliphatic heterocycles. The van der Waals surface area contributed by atoms with Crippen LogP contribution in [0, 0.1) is 21.7 Å². The largest absolute Gasteiger partial charge is 0.375 e. The predicted octanol–water partition coefficient (Wildman–Crippen LogP) is 3.63. The van der Waals surface area contributed by atoms with Crippen molar-refractivity contribution in [3.8, 4) is 0 Å². The van der Waals surface area contributed by atoms with Crippen molar-refractivity contribution in [3.05, 3.63) is 33.9 Å². The van der Waals surface area contributed by atoms with Crippen molar-refractivity contribution in [2.45, 2.75) is 51.4 Å². The van der Waals surface area contributed by atoms with Gasteiger partial charge in [0.15, 0.2) is 11.6 Å². The van der Waals surface area contributed by atoms with Gasteiger partial charge in [-0.2, -0.15) is 0 Å². The third-order valence-corrected chi connectivity index (χ3v) is 3.63. The molecule has 0 bridgehead atoms. The SMILES string of the molecule is CC1(C)CC(Nc2c(F)cc([N+](=O)[O-])cc2F)C(C)(C)O1. The number of ether oxygens (including phenoxy) is 1. The van der Waals surface area contributed by atoms with Crippen molar-refractivity contribution in [2.24, 2.45) is 0 Å². The zero-order valence-corrected chi connectivity index (χ0v) is 12.4. The fourth-order valence-corrected chi connectivity index (χ4v) is 2.76. The second-order valence-corrected chi connectivity index (χ2v) is 6.41. The lowest BCUT2D eigenvalue weighted by atomic mass is 9.94. The Balaban J connectivity index is 2.30. The number of hydrogen-bond acceptors (Lipinski definition) is 4. The molecule has 116 valence electrons. The Morgan fingerprint density at radius 3 is 2.19 bits per heavy atom. The third kappa shape index (κ3) is 3.12. The van der Waals surface area contributed by atoms with Gasteiger partial charge in [0.1, 0.15) is 5.69 Å². The van der Waals surface area contributed by atoms with Crippen molar-refractivity contribution in [1.29, 1.82) is 0 Å². The predicted molar refractivity (Wildman–Crippen MR) is 74.3 cm³/mol. The van der Waals surface area contributed by atoms with Gasteiger partial charge in [0.05, 0.1) is 34.3 Å². The maximum Gasteiger partial charge on any atom is 0.275 e. The van der Waals surface area contributed by atoms with E-state index in [1.807, 2.05) is 27.7 Å². The average Bonchev–Trinajstić information content (AvgIpc) is 2.50. The fourth-order valence-electron chi connectivity index (χ4n) is 2.76. The van der Waals surface area contributed by atoms with Crippen LogP contribution in [0.4, 0.5) is 20.2 Å². The maximum atomic E-state index is 13.9. The average molecular weight is 300 g/mol. The second kappa shape index (κ2) is 4.91. The van der Waals surface area contributed by atoms with Gasteiger partial charge >= 0.3 is 0 Å². The quantitative estimate of drug-likeness (QED) is 0.684. The Hall–Kier alpha value is -1.76. The Morgan fingerprint density at radius 1 is 1.29 bits per heavy atom. The number of nitrogens with zero attached hydrogens (tertiary/aromatic N) is 1. The normalized spacial score (nSPS) is 23.0. The molecule has 0 radical (unpaired) electrons. The van der Waals surface area contributed by atoms with Crippen LogP contribution in [0.1, 0.15) is 34.1 Å². The number of halogens is 2. The summed E-state index contributed by atoms with van der Waals surface area (Å²) in [6.45, 7) is 7.47. The van der Waals surface area contributed by atoms with Gasteiger partial charge in [0.25, 0.3) is 5.69 Å². The van der Waals surface area contributed by atoms with Crippen LogP contribution in [0.25, 0.3) is 0 Å². The molecule has 1 unspecified atom stereocenters. The van der Waals surface area contributed by atoms with Crippen LogP contribution in [0.15, 0.2) is 12.1 Å². The molecule has 2 rings (SSSR count). The molecule has 1 aliphatic rings. The summed E-state index contributed by atoms with van der Waals surface area (Å²) in [5.41, 5.74) is -1.99. The molecular formula is C14H18F2N2O3. The summed E-state index contributed by atoms with van der Waals surface area (Å²) in [7, 11) is 0. The second-order valence-electron chi connectivity index (χ2n) is 6.41. The maximum absolute atomic E-state index is 13.9. The van der Waals surface area contributed by atoms with E-state index in [0.29, 0.717) is 18.6 Å². The first kappa shape index (κ1) is 15.6. The Labute approximate surface area is 121 Å². The number of nitrogens with one attached hydrogen (secondary N) is 1. The number of rotatable bonds is 3. The lowest BCUT2D eigenvalue weighted by molar-refractivity contribution is -0.385. The molecule has 7 heteroatoms. The number of nitro groups is 1. The minimum Gasteiger partial charge on any atom is -0.375 e. The van der Waals surface area contributed by atoms with Crippen molar-refractivity contribution >= 4 is 11.4 Å². The highest BCUT2D eigenvalue weighted by atomic mass is 19.1. The summed E-state index contributed by atoms with van der Waals surface area (Å²) in [5.74, 6) is -1.97. The highest BCUT2D eigenvalue weighted by Gasteiger charge is 2.46. The van der Waals surface area contributed by atoms with Gasteiger partial charge < -0.3 is 10.1 Å². The Bertz CT molecular complexity index is 565. The molecule has 1 aromatic rings. The molecule has 1 fully saturated rings. The van der Waals surface area contributed by atoms with Crippen LogP contribution in [-0.2, 0) is 4.74 Å². The molecule has 0 saturated carbocycles. The van der Waals surface area contributed by atoms with Gasteiger partial charge in [0, 0.05) is 0 Å².